The van der Waals surface area contributed by atoms with Crippen molar-refractivity contribution < 1.29 is 18.3 Å². The summed E-state index contributed by atoms with van der Waals surface area (Å²) in [6.07, 6.45) is 0.0623. The van der Waals surface area contributed by atoms with Crippen molar-refractivity contribution in [3.8, 4) is 0 Å². The molecule has 0 saturated carbocycles. The van der Waals surface area contributed by atoms with E-state index in [1.165, 1.54) is 4.90 Å². The van der Waals surface area contributed by atoms with E-state index in [0.717, 1.165) is 20.0 Å². The number of carbonyl (C=O) groups is 1. The minimum absolute atomic E-state index is 0.126. The van der Waals surface area contributed by atoms with Gasteiger partial charge in [0.2, 0.25) is 0 Å². The molecule has 130 valence electrons. The quantitative estimate of drug-likeness (QED) is 0.667. The molecule has 2 heterocycles. The number of hydrogen-bond donors (Lipinski definition) is 0. The van der Waals surface area contributed by atoms with Crippen LogP contribution in [0, 0.1) is 0 Å². The average Bonchev–Trinajstić information content (AvgIpc) is 2.77. The Morgan fingerprint density at radius 1 is 1.33 bits per heavy atom. The molecule has 2 aromatic rings. The van der Waals surface area contributed by atoms with Crippen LogP contribution in [0.3, 0.4) is 0 Å². The van der Waals surface area contributed by atoms with Crippen LogP contribution in [-0.4, -0.2) is 27.7 Å². The Hall–Kier alpha value is -1.63. The average molecular weight is 401 g/mol. The number of amides is 1. The van der Waals surface area contributed by atoms with Crippen molar-refractivity contribution in [1.82, 2.24) is 9.47 Å². The SMILES string of the molecule is CC(C)(C)OC(=O)N1CCc2c(n(C(F)F)c3cc(Br)ccc23)C1. The highest BCUT2D eigenvalue weighted by Gasteiger charge is 2.31. The minimum atomic E-state index is -2.66. The molecule has 0 N–H and O–H groups in total. The van der Waals surface area contributed by atoms with Crippen LogP contribution >= 0.6 is 15.9 Å². The first-order valence-corrected chi connectivity index (χ1v) is 8.54. The molecule has 3 rings (SSSR count). The first-order valence-electron chi connectivity index (χ1n) is 7.74. The normalized spacial score (nSPS) is 15.0. The lowest BCUT2D eigenvalue weighted by Gasteiger charge is -2.30. The van der Waals surface area contributed by atoms with Gasteiger partial charge in [0.05, 0.1) is 12.1 Å². The Labute approximate surface area is 147 Å². The fraction of sp³-hybridized carbons (Fsp3) is 0.471. The van der Waals surface area contributed by atoms with Crippen molar-refractivity contribution >= 4 is 32.9 Å². The number of alkyl halides is 2. The van der Waals surface area contributed by atoms with Crippen LogP contribution in [-0.2, 0) is 17.7 Å². The highest BCUT2D eigenvalue weighted by Crippen LogP contribution is 2.36. The van der Waals surface area contributed by atoms with E-state index in [4.69, 9.17) is 4.74 Å². The molecule has 0 saturated heterocycles. The van der Waals surface area contributed by atoms with Gasteiger partial charge >= 0.3 is 12.6 Å². The lowest BCUT2D eigenvalue weighted by Crippen LogP contribution is -2.40. The standard InChI is InChI=1S/C17H19BrF2N2O2/c1-17(2,3)24-16(23)21-7-6-12-11-5-4-10(18)8-13(11)22(15(19)20)14(12)9-21/h4-5,8,15H,6-7,9H2,1-3H3. The van der Waals surface area contributed by atoms with Crippen molar-refractivity contribution in [1.29, 1.82) is 0 Å². The van der Waals surface area contributed by atoms with Crippen molar-refractivity contribution in [3.05, 3.63) is 33.9 Å². The number of benzene rings is 1. The van der Waals surface area contributed by atoms with Crippen molar-refractivity contribution in [2.24, 2.45) is 0 Å². The molecule has 0 fully saturated rings. The highest BCUT2D eigenvalue weighted by molar-refractivity contribution is 9.10. The van der Waals surface area contributed by atoms with Gasteiger partial charge in [-0.3, -0.25) is 4.57 Å². The zero-order valence-electron chi connectivity index (χ0n) is 13.8. The summed E-state index contributed by atoms with van der Waals surface area (Å²) in [6, 6.07) is 5.39. The Morgan fingerprint density at radius 3 is 2.67 bits per heavy atom. The first kappa shape index (κ1) is 17.2. The number of nitrogens with zero attached hydrogens (tertiary/aromatic N) is 2. The molecule has 1 aromatic heterocycles. The van der Waals surface area contributed by atoms with Gasteiger partial charge < -0.3 is 9.64 Å². The van der Waals surface area contributed by atoms with Crippen LogP contribution in [0.5, 0.6) is 0 Å². The van der Waals surface area contributed by atoms with Gasteiger partial charge in [0.15, 0.2) is 0 Å². The molecule has 7 heteroatoms. The maximum Gasteiger partial charge on any atom is 0.410 e. The van der Waals surface area contributed by atoms with Crippen molar-refractivity contribution in [2.45, 2.75) is 45.9 Å². The molecule has 1 amide bonds. The van der Waals surface area contributed by atoms with E-state index in [0.29, 0.717) is 24.2 Å². The predicted octanol–water partition coefficient (Wildman–Crippen LogP) is 5.09. The zero-order chi connectivity index (χ0) is 17.6. The number of halogens is 3. The van der Waals surface area contributed by atoms with Gasteiger partial charge in [-0.15, -0.1) is 0 Å². The highest BCUT2D eigenvalue weighted by atomic mass is 79.9. The summed E-state index contributed by atoms with van der Waals surface area (Å²) in [7, 11) is 0. The molecule has 0 radical (unpaired) electrons. The predicted molar refractivity (Wildman–Crippen MR) is 91.2 cm³/mol. The third-order valence-electron chi connectivity index (χ3n) is 4.00. The smallest absolute Gasteiger partial charge is 0.410 e. The maximum atomic E-state index is 13.7. The van der Waals surface area contributed by atoms with Gasteiger partial charge in [-0.2, -0.15) is 8.78 Å². The van der Waals surface area contributed by atoms with E-state index >= 15 is 0 Å². The van der Waals surface area contributed by atoms with Crippen LogP contribution in [0.15, 0.2) is 22.7 Å². The molecule has 0 unspecified atom stereocenters. The van der Waals surface area contributed by atoms with Gasteiger partial charge in [0.25, 0.3) is 0 Å². The second kappa shape index (κ2) is 6.02. The topological polar surface area (TPSA) is 34.5 Å². The summed E-state index contributed by atoms with van der Waals surface area (Å²) in [4.78, 5) is 13.8. The maximum absolute atomic E-state index is 13.7. The van der Waals surface area contributed by atoms with E-state index in [2.05, 4.69) is 15.9 Å². The van der Waals surface area contributed by atoms with Gasteiger partial charge in [0.1, 0.15) is 5.60 Å². The van der Waals surface area contributed by atoms with Gasteiger partial charge in [0, 0.05) is 22.1 Å². The fourth-order valence-electron chi connectivity index (χ4n) is 3.07. The summed E-state index contributed by atoms with van der Waals surface area (Å²) in [6.45, 7) is 3.28. The lowest BCUT2D eigenvalue weighted by molar-refractivity contribution is 0.0196. The van der Waals surface area contributed by atoms with Crippen LogP contribution in [0.2, 0.25) is 0 Å². The van der Waals surface area contributed by atoms with E-state index in [-0.39, 0.29) is 6.54 Å². The number of rotatable bonds is 1. The molecule has 0 spiro atoms. The largest absolute Gasteiger partial charge is 0.444 e. The number of fused-ring (bicyclic) bond motifs is 3. The van der Waals surface area contributed by atoms with Crippen LogP contribution < -0.4 is 0 Å². The third kappa shape index (κ3) is 3.14. The zero-order valence-corrected chi connectivity index (χ0v) is 15.4. The van der Waals surface area contributed by atoms with E-state index in [9.17, 15) is 13.6 Å². The molecule has 24 heavy (non-hydrogen) atoms. The molecule has 0 atom stereocenters. The summed E-state index contributed by atoms with van der Waals surface area (Å²) in [5.74, 6) is 0. The van der Waals surface area contributed by atoms with Crippen molar-refractivity contribution in [2.75, 3.05) is 6.54 Å². The van der Waals surface area contributed by atoms with Gasteiger partial charge in [-0.1, -0.05) is 22.0 Å². The molecule has 0 bridgehead atoms. The lowest BCUT2D eigenvalue weighted by atomic mass is 10.0. The third-order valence-corrected chi connectivity index (χ3v) is 4.50. The Bertz CT molecular complexity index is 796. The summed E-state index contributed by atoms with van der Waals surface area (Å²) < 4.78 is 34.5. The minimum Gasteiger partial charge on any atom is -0.444 e. The molecular formula is C17H19BrF2N2O2. The number of hydrogen-bond acceptors (Lipinski definition) is 2. The Balaban J connectivity index is 2.02. The second-order valence-electron chi connectivity index (χ2n) is 6.89. The van der Waals surface area contributed by atoms with Crippen LogP contribution in [0.4, 0.5) is 13.6 Å². The van der Waals surface area contributed by atoms with E-state index in [1.807, 2.05) is 12.1 Å². The van der Waals surface area contributed by atoms with E-state index < -0.39 is 18.2 Å². The Kier molecular flexibility index (Phi) is 4.32. The van der Waals surface area contributed by atoms with Gasteiger partial charge in [-0.05, 0) is 44.9 Å². The first-order chi connectivity index (χ1) is 11.2. The molecule has 1 aromatic carbocycles. The van der Waals surface area contributed by atoms with Crippen LogP contribution in [0.1, 0.15) is 38.6 Å². The van der Waals surface area contributed by atoms with Gasteiger partial charge in [-0.25, -0.2) is 4.79 Å². The fourth-order valence-corrected chi connectivity index (χ4v) is 3.42. The molecule has 0 aliphatic carbocycles. The number of ether oxygens (including phenoxy) is 1. The number of aromatic nitrogens is 1. The molecule has 4 nitrogen and oxygen atoms in total. The molecule has 1 aliphatic rings. The molecular weight excluding hydrogens is 382 g/mol. The summed E-state index contributed by atoms with van der Waals surface area (Å²) in [5.41, 5.74) is 1.24. The van der Waals surface area contributed by atoms with Crippen LogP contribution in [0.25, 0.3) is 10.9 Å². The van der Waals surface area contributed by atoms with Crippen molar-refractivity contribution in [3.63, 3.8) is 0 Å². The summed E-state index contributed by atoms with van der Waals surface area (Å²) in [5, 5.41) is 0.817. The Morgan fingerprint density at radius 2 is 2.04 bits per heavy atom. The number of carbonyl (C=O) groups excluding carboxylic acids is 1. The summed E-state index contributed by atoms with van der Waals surface area (Å²) >= 11 is 3.33. The van der Waals surface area contributed by atoms with E-state index in [1.54, 1.807) is 26.8 Å². The molecule has 1 aliphatic heterocycles. The second-order valence-corrected chi connectivity index (χ2v) is 7.80. The monoisotopic (exact) mass is 400 g/mol.